The molecule has 8 heteroatoms. The Hall–Kier alpha value is -1.43. The number of carboxylic acids is 1. The van der Waals surface area contributed by atoms with Crippen LogP contribution in [0.2, 0.25) is 0 Å². The van der Waals surface area contributed by atoms with E-state index in [-0.39, 0.29) is 22.9 Å². The minimum Gasteiger partial charge on any atom is -0.477 e. The van der Waals surface area contributed by atoms with Crippen LogP contribution in [0.25, 0.3) is 0 Å². The normalized spacial score (nSPS) is 13.2. The van der Waals surface area contributed by atoms with E-state index in [1.165, 1.54) is 11.4 Å². The third-order valence-corrected chi connectivity index (χ3v) is 5.51. The molecule has 0 saturated heterocycles. The molecular formula is C11H14N2O4S2. The lowest BCUT2D eigenvalue weighted by Crippen LogP contribution is -2.34. The van der Waals surface area contributed by atoms with E-state index in [2.05, 4.69) is 0 Å². The summed E-state index contributed by atoms with van der Waals surface area (Å²) in [5, 5.41) is 19.2. The lowest BCUT2D eigenvalue weighted by atomic mass is 10.2. The van der Waals surface area contributed by atoms with Crippen LogP contribution in [0.5, 0.6) is 0 Å². The van der Waals surface area contributed by atoms with Crippen molar-refractivity contribution in [1.82, 2.24) is 4.31 Å². The van der Waals surface area contributed by atoms with Gasteiger partial charge in [0, 0.05) is 13.1 Å². The average molecular weight is 302 g/mol. The van der Waals surface area contributed by atoms with Crippen molar-refractivity contribution in [2.45, 2.75) is 18.7 Å². The average Bonchev–Trinajstić information content (AvgIpc) is 2.85. The summed E-state index contributed by atoms with van der Waals surface area (Å²) in [6.45, 7) is 3.49. The van der Waals surface area contributed by atoms with Crippen LogP contribution in [0.4, 0.5) is 0 Å². The van der Waals surface area contributed by atoms with Gasteiger partial charge in [-0.15, -0.1) is 11.3 Å². The Morgan fingerprint density at radius 1 is 1.63 bits per heavy atom. The molecule has 104 valence electrons. The number of carbonyl (C=O) groups is 1. The molecule has 1 atom stereocenters. The highest BCUT2D eigenvalue weighted by Crippen LogP contribution is 2.25. The molecule has 0 aromatic carbocycles. The number of aromatic carboxylic acids is 1. The fraction of sp³-hybridized carbons (Fsp3) is 0.455. The zero-order valence-corrected chi connectivity index (χ0v) is 12.2. The summed E-state index contributed by atoms with van der Waals surface area (Å²) in [7, 11) is -3.88. The Bertz CT molecular complexity index is 600. The van der Waals surface area contributed by atoms with Crippen LogP contribution in [0, 0.1) is 17.2 Å². The Morgan fingerprint density at radius 3 is 2.74 bits per heavy atom. The highest BCUT2D eigenvalue weighted by Gasteiger charge is 2.30. The van der Waals surface area contributed by atoms with Gasteiger partial charge in [0.05, 0.1) is 12.0 Å². The molecule has 1 N–H and O–H groups in total. The Balaban J connectivity index is 3.18. The first-order chi connectivity index (χ1) is 8.84. The first kappa shape index (κ1) is 15.6. The maximum atomic E-state index is 12.4. The zero-order valence-electron chi connectivity index (χ0n) is 10.5. The number of rotatable bonds is 6. The topological polar surface area (TPSA) is 98.5 Å². The Labute approximate surface area is 115 Å². The van der Waals surface area contributed by atoms with Crippen molar-refractivity contribution in [1.29, 1.82) is 5.26 Å². The van der Waals surface area contributed by atoms with Gasteiger partial charge in [-0.25, -0.2) is 13.2 Å². The molecule has 0 aliphatic rings. The summed E-state index contributed by atoms with van der Waals surface area (Å²) < 4.78 is 25.8. The monoisotopic (exact) mass is 302 g/mol. The van der Waals surface area contributed by atoms with E-state index in [4.69, 9.17) is 10.4 Å². The van der Waals surface area contributed by atoms with E-state index in [1.807, 2.05) is 6.07 Å². The van der Waals surface area contributed by atoms with Crippen molar-refractivity contribution in [2.24, 2.45) is 5.92 Å². The lowest BCUT2D eigenvalue weighted by molar-refractivity contribution is 0.0698. The summed E-state index contributed by atoms with van der Waals surface area (Å²) in [6, 6.07) is 3.25. The Morgan fingerprint density at radius 2 is 2.26 bits per heavy atom. The smallest absolute Gasteiger partial charge is 0.347 e. The molecule has 1 aromatic rings. The molecule has 1 aromatic heterocycles. The van der Waals surface area contributed by atoms with Crippen LogP contribution < -0.4 is 0 Å². The second kappa shape index (κ2) is 6.14. The van der Waals surface area contributed by atoms with Gasteiger partial charge in [0.1, 0.15) is 9.77 Å². The molecule has 6 nitrogen and oxygen atoms in total. The highest BCUT2D eigenvalue weighted by atomic mass is 32.2. The van der Waals surface area contributed by atoms with Gasteiger partial charge in [-0.05, 0) is 18.4 Å². The number of sulfonamides is 1. The molecule has 0 radical (unpaired) electrons. The maximum absolute atomic E-state index is 12.4. The van der Waals surface area contributed by atoms with Crippen LogP contribution in [0.15, 0.2) is 16.3 Å². The van der Waals surface area contributed by atoms with Crippen LogP contribution in [-0.4, -0.2) is 36.9 Å². The molecule has 0 amide bonds. The number of thiophene rings is 1. The standard InChI is InChI=1S/C11H14N2O4S2/c1-3-13(7-8(2)6-12)19(16,17)9-4-5-18-10(9)11(14)15/h4-5,8H,3,7H2,1-2H3,(H,14,15). The fourth-order valence-corrected chi connectivity index (χ4v) is 4.31. The zero-order chi connectivity index (χ0) is 14.6. The first-order valence-corrected chi connectivity index (χ1v) is 7.87. The predicted octanol–water partition coefficient (Wildman–Crippen LogP) is 1.62. The van der Waals surface area contributed by atoms with Crippen molar-refractivity contribution < 1.29 is 18.3 Å². The minimum atomic E-state index is -3.88. The van der Waals surface area contributed by atoms with E-state index in [0.717, 1.165) is 15.6 Å². The van der Waals surface area contributed by atoms with E-state index in [0.29, 0.717) is 0 Å². The van der Waals surface area contributed by atoms with Crippen molar-refractivity contribution in [3.63, 3.8) is 0 Å². The van der Waals surface area contributed by atoms with Crippen molar-refractivity contribution >= 4 is 27.3 Å². The van der Waals surface area contributed by atoms with Crippen molar-refractivity contribution in [2.75, 3.05) is 13.1 Å². The molecule has 0 fully saturated rings. The van der Waals surface area contributed by atoms with E-state index < -0.39 is 21.9 Å². The molecule has 1 rings (SSSR count). The summed E-state index contributed by atoms with van der Waals surface area (Å²) >= 11 is 0.867. The van der Waals surface area contributed by atoms with Gasteiger partial charge in [0.2, 0.25) is 10.0 Å². The van der Waals surface area contributed by atoms with Crippen LogP contribution in [-0.2, 0) is 10.0 Å². The summed E-state index contributed by atoms with van der Waals surface area (Å²) in [4.78, 5) is 10.6. The second-order valence-electron chi connectivity index (χ2n) is 3.90. The van der Waals surface area contributed by atoms with Crippen LogP contribution in [0.1, 0.15) is 23.5 Å². The SMILES string of the molecule is CCN(CC(C)C#N)S(=O)(=O)c1ccsc1C(=O)O. The third kappa shape index (κ3) is 3.32. The third-order valence-electron chi connectivity index (χ3n) is 2.49. The number of hydrogen-bond donors (Lipinski definition) is 1. The molecular weight excluding hydrogens is 288 g/mol. The van der Waals surface area contributed by atoms with Crippen LogP contribution >= 0.6 is 11.3 Å². The van der Waals surface area contributed by atoms with Gasteiger partial charge < -0.3 is 5.11 Å². The molecule has 0 saturated carbocycles. The van der Waals surface area contributed by atoms with Gasteiger partial charge in [-0.1, -0.05) is 6.92 Å². The largest absolute Gasteiger partial charge is 0.477 e. The van der Waals surface area contributed by atoms with E-state index >= 15 is 0 Å². The lowest BCUT2D eigenvalue weighted by Gasteiger charge is -2.21. The van der Waals surface area contributed by atoms with Gasteiger partial charge >= 0.3 is 5.97 Å². The second-order valence-corrected chi connectivity index (χ2v) is 6.73. The molecule has 1 unspecified atom stereocenters. The van der Waals surface area contributed by atoms with Crippen LogP contribution in [0.3, 0.4) is 0 Å². The summed E-state index contributed by atoms with van der Waals surface area (Å²) in [5.74, 6) is -1.72. The molecule has 0 bridgehead atoms. The van der Waals surface area contributed by atoms with Gasteiger partial charge in [0.25, 0.3) is 0 Å². The highest BCUT2D eigenvalue weighted by molar-refractivity contribution is 7.89. The number of nitriles is 1. The maximum Gasteiger partial charge on any atom is 0.347 e. The van der Waals surface area contributed by atoms with Gasteiger partial charge in [-0.2, -0.15) is 9.57 Å². The molecule has 1 heterocycles. The number of carboxylic acid groups (broad SMARTS) is 1. The van der Waals surface area contributed by atoms with Crippen molar-refractivity contribution in [3.05, 3.63) is 16.3 Å². The fourth-order valence-electron chi connectivity index (χ4n) is 1.54. The molecule has 0 aliphatic carbocycles. The minimum absolute atomic E-state index is 0.0459. The van der Waals surface area contributed by atoms with E-state index in [9.17, 15) is 13.2 Å². The Kier molecular flexibility index (Phi) is 5.05. The van der Waals surface area contributed by atoms with Gasteiger partial charge in [0.15, 0.2) is 0 Å². The molecule has 0 spiro atoms. The molecule has 19 heavy (non-hydrogen) atoms. The summed E-state index contributed by atoms with van der Waals surface area (Å²) in [6.07, 6.45) is 0. The van der Waals surface area contributed by atoms with Gasteiger partial charge in [-0.3, -0.25) is 0 Å². The number of nitrogens with zero attached hydrogens (tertiary/aromatic N) is 2. The quantitative estimate of drug-likeness (QED) is 0.861. The van der Waals surface area contributed by atoms with E-state index in [1.54, 1.807) is 13.8 Å². The predicted molar refractivity (Wildman–Crippen MR) is 70.5 cm³/mol. The molecule has 0 aliphatic heterocycles. The number of hydrogen-bond acceptors (Lipinski definition) is 5. The summed E-state index contributed by atoms with van der Waals surface area (Å²) in [5.41, 5.74) is 0. The van der Waals surface area contributed by atoms with Crippen molar-refractivity contribution in [3.8, 4) is 6.07 Å². The first-order valence-electron chi connectivity index (χ1n) is 5.55.